The summed E-state index contributed by atoms with van der Waals surface area (Å²) < 4.78 is 19.1. The Labute approximate surface area is 206 Å². The highest BCUT2D eigenvalue weighted by molar-refractivity contribution is 5.94. The van der Waals surface area contributed by atoms with Crippen molar-refractivity contribution >= 4 is 28.6 Å². The minimum atomic E-state index is -0.941. The lowest BCUT2D eigenvalue weighted by Gasteiger charge is -2.16. The van der Waals surface area contributed by atoms with Crippen molar-refractivity contribution in [3.63, 3.8) is 0 Å². The number of nitrogens with zero attached hydrogens (tertiary/aromatic N) is 4. The van der Waals surface area contributed by atoms with Gasteiger partial charge in [-0.15, -0.1) is 0 Å². The molecule has 10 heteroatoms. The summed E-state index contributed by atoms with van der Waals surface area (Å²) in [6.07, 6.45) is 0.655. The summed E-state index contributed by atoms with van der Waals surface area (Å²) in [5, 5.41) is 0.179. The molecule has 0 fully saturated rings. The number of hydrogen-bond donors (Lipinski definition) is 0. The Morgan fingerprint density at radius 1 is 1.11 bits per heavy atom. The number of carbonyl (C=O) groups excluding carboxylic acids is 2. The Bertz CT molecular complexity index is 1540. The van der Waals surface area contributed by atoms with Gasteiger partial charge in [-0.1, -0.05) is 24.3 Å². The van der Waals surface area contributed by atoms with Crippen molar-refractivity contribution < 1.29 is 23.8 Å². The molecule has 0 radical (unpaired) electrons. The number of hydrogen-bond acceptors (Lipinski definition) is 7. The Kier molecular flexibility index (Phi) is 7.55. The fourth-order valence-corrected chi connectivity index (χ4v) is 3.70. The molecule has 1 amide bonds. The Morgan fingerprint density at radius 2 is 1.86 bits per heavy atom. The van der Waals surface area contributed by atoms with Gasteiger partial charge in [0.05, 0.1) is 18.6 Å². The summed E-state index contributed by atoms with van der Waals surface area (Å²) >= 11 is 0. The van der Waals surface area contributed by atoms with E-state index in [-0.39, 0.29) is 47.4 Å². The number of benzene rings is 1. The van der Waals surface area contributed by atoms with Crippen LogP contribution in [0.2, 0.25) is 0 Å². The molecule has 0 saturated heterocycles. The highest BCUT2D eigenvalue weighted by atomic mass is 16.5. The second-order valence-electron chi connectivity index (χ2n) is 7.85. The zero-order chi connectivity index (χ0) is 25.7. The summed E-state index contributed by atoms with van der Waals surface area (Å²) in [6.45, 7) is 3.73. The van der Waals surface area contributed by atoms with E-state index in [0.29, 0.717) is 11.4 Å². The maximum atomic E-state index is 13.3. The summed E-state index contributed by atoms with van der Waals surface area (Å²) in [4.78, 5) is 48.3. The molecule has 0 N–H and O–H groups in total. The molecule has 1 unspecified atom stereocenters. The molecule has 186 valence electrons. The van der Waals surface area contributed by atoms with E-state index in [4.69, 9.17) is 14.2 Å². The van der Waals surface area contributed by atoms with E-state index < -0.39 is 18.0 Å². The average molecular weight is 491 g/mol. The summed E-state index contributed by atoms with van der Waals surface area (Å²) in [7, 11) is 1.52. The molecule has 10 nitrogen and oxygen atoms in total. The predicted molar refractivity (Wildman–Crippen MR) is 132 cm³/mol. The van der Waals surface area contributed by atoms with Gasteiger partial charge >= 0.3 is 5.97 Å². The van der Waals surface area contributed by atoms with Gasteiger partial charge in [0.2, 0.25) is 0 Å². The third-order valence-corrected chi connectivity index (χ3v) is 5.42. The van der Waals surface area contributed by atoms with Crippen LogP contribution in [0.4, 0.5) is 0 Å². The van der Waals surface area contributed by atoms with Crippen LogP contribution in [0.5, 0.6) is 5.75 Å². The third-order valence-electron chi connectivity index (χ3n) is 5.42. The Balaban J connectivity index is 1.97. The van der Waals surface area contributed by atoms with Crippen LogP contribution < -0.4 is 15.8 Å². The fraction of sp³-hybridized carbons (Fsp3) is 0.269. The quantitative estimate of drug-likeness (QED) is 0.275. The highest BCUT2D eigenvalue weighted by Crippen LogP contribution is 2.13. The van der Waals surface area contributed by atoms with Crippen molar-refractivity contribution in [2.45, 2.75) is 26.5 Å². The maximum Gasteiger partial charge on any atom is 0.341 e. The molecule has 0 aliphatic carbocycles. The Morgan fingerprint density at radius 3 is 2.58 bits per heavy atom. The van der Waals surface area contributed by atoms with E-state index in [1.165, 1.54) is 22.1 Å². The third kappa shape index (κ3) is 5.03. The van der Waals surface area contributed by atoms with Crippen molar-refractivity contribution in [2.75, 3.05) is 20.3 Å². The Hall–Kier alpha value is -4.31. The van der Waals surface area contributed by atoms with E-state index >= 15 is 0 Å². The average Bonchev–Trinajstić information content (AvgIpc) is 2.88. The predicted octanol–water partition coefficient (Wildman–Crippen LogP) is 2.37. The highest BCUT2D eigenvalue weighted by Gasteiger charge is 2.21. The minimum absolute atomic E-state index is 0.0127. The van der Waals surface area contributed by atoms with Crippen molar-refractivity contribution in [1.29, 1.82) is 0 Å². The van der Waals surface area contributed by atoms with Crippen LogP contribution in [0, 0.1) is 0 Å². The van der Waals surface area contributed by atoms with E-state index in [1.54, 1.807) is 62.5 Å². The minimum Gasteiger partial charge on any atom is -0.481 e. The zero-order valence-electron chi connectivity index (χ0n) is 20.2. The number of pyridine rings is 2. The molecule has 4 aromatic rings. The summed E-state index contributed by atoms with van der Waals surface area (Å²) in [6, 6.07) is 15.4. The van der Waals surface area contributed by atoms with E-state index in [2.05, 4.69) is 9.98 Å². The lowest BCUT2D eigenvalue weighted by molar-refractivity contribution is -0.124. The number of para-hydroxylation sites is 1. The van der Waals surface area contributed by atoms with Gasteiger partial charge in [0.1, 0.15) is 22.6 Å². The molecular formula is C26H26N4O6. The maximum absolute atomic E-state index is 13.3. The van der Waals surface area contributed by atoms with Gasteiger partial charge in [0.25, 0.3) is 11.5 Å². The van der Waals surface area contributed by atoms with Crippen molar-refractivity contribution in [2.24, 2.45) is 4.99 Å². The molecule has 0 saturated carbocycles. The van der Waals surface area contributed by atoms with Crippen LogP contribution in [0.3, 0.4) is 0 Å². The smallest absolute Gasteiger partial charge is 0.341 e. The second kappa shape index (κ2) is 11.0. The first-order valence-electron chi connectivity index (χ1n) is 11.5. The molecular weight excluding hydrogens is 464 g/mol. The number of methoxy groups -OCH3 is 1. The molecule has 0 aliphatic heterocycles. The van der Waals surface area contributed by atoms with Crippen LogP contribution >= 0.6 is 0 Å². The number of esters is 1. The van der Waals surface area contributed by atoms with Crippen LogP contribution in [0.1, 0.15) is 24.2 Å². The lowest BCUT2D eigenvalue weighted by Crippen LogP contribution is -2.35. The number of fused-ring (bicyclic) bond motifs is 2. The van der Waals surface area contributed by atoms with Gasteiger partial charge in [-0.25, -0.2) is 9.78 Å². The van der Waals surface area contributed by atoms with Gasteiger partial charge < -0.3 is 18.8 Å². The molecule has 0 aliphatic rings. The molecule has 0 spiro atoms. The summed E-state index contributed by atoms with van der Waals surface area (Å²) in [5.74, 6) is -0.829. The van der Waals surface area contributed by atoms with Crippen LogP contribution in [-0.2, 0) is 20.8 Å². The zero-order valence-corrected chi connectivity index (χ0v) is 20.2. The van der Waals surface area contributed by atoms with Crippen LogP contribution in [0.25, 0.3) is 16.7 Å². The number of ether oxygens (including phenoxy) is 3. The van der Waals surface area contributed by atoms with Crippen LogP contribution in [0.15, 0.2) is 70.6 Å². The first-order valence-corrected chi connectivity index (χ1v) is 11.5. The number of rotatable bonds is 8. The molecule has 4 rings (SSSR count). The van der Waals surface area contributed by atoms with Gasteiger partial charge in [0, 0.05) is 19.9 Å². The largest absolute Gasteiger partial charge is 0.481 e. The van der Waals surface area contributed by atoms with Crippen molar-refractivity contribution in [3.8, 4) is 5.75 Å². The van der Waals surface area contributed by atoms with Gasteiger partial charge in [-0.2, -0.15) is 4.99 Å². The monoisotopic (exact) mass is 490 g/mol. The van der Waals surface area contributed by atoms with Crippen molar-refractivity contribution in [3.05, 3.63) is 82.2 Å². The molecule has 1 atom stereocenters. The van der Waals surface area contributed by atoms with Crippen LogP contribution in [-0.4, -0.2) is 52.3 Å². The number of aromatic nitrogens is 3. The molecule has 3 aromatic heterocycles. The van der Waals surface area contributed by atoms with E-state index in [9.17, 15) is 14.4 Å². The number of carbonyl (C=O) groups is 2. The standard InChI is InChI=1S/C26H26N4O6/c1-4-35-26(33)20-16-19-22(27-21-12-8-9-13-29(21)25(19)32)30(14-15-34-3)23(20)28-24(31)17(2)36-18-10-6-5-7-11-18/h5-13,16-17H,4,14-15H2,1-3H3. The molecule has 0 bridgehead atoms. The first kappa shape index (κ1) is 24.8. The molecule has 3 heterocycles. The lowest BCUT2D eigenvalue weighted by atomic mass is 10.2. The SMILES string of the molecule is CCOC(=O)c1cc2c(=O)n3ccccc3nc2n(CCOC)c1=NC(=O)C(C)Oc1ccccc1. The topological polar surface area (TPSA) is 113 Å². The first-order chi connectivity index (χ1) is 17.4. The van der Waals surface area contributed by atoms with Gasteiger partial charge in [-0.3, -0.25) is 14.0 Å². The normalized spacial score (nSPS) is 12.6. The van der Waals surface area contributed by atoms with Gasteiger partial charge in [-0.05, 0) is 44.2 Å². The van der Waals surface area contributed by atoms with E-state index in [0.717, 1.165) is 0 Å². The molecule has 36 heavy (non-hydrogen) atoms. The molecule has 1 aromatic carbocycles. The summed E-state index contributed by atoms with van der Waals surface area (Å²) in [5.41, 5.74) is 0.280. The fourth-order valence-electron chi connectivity index (χ4n) is 3.70. The number of amides is 1. The van der Waals surface area contributed by atoms with Crippen molar-refractivity contribution in [1.82, 2.24) is 14.0 Å². The van der Waals surface area contributed by atoms with E-state index in [1.807, 2.05) is 6.07 Å². The van der Waals surface area contributed by atoms with Gasteiger partial charge in [0.15, 0.2) is 11.6 Å². The second-order valence-corrected chi connectivity index (χ2v) is 7.85.